The molecule has 0 saturated heterocycles. The van der Waals surface area contributed by atoms with E-state index in [1.807, 2.05) is 0 Å². The maximum absolute atomic E-state index is 12.7. The first-order chi connectivity index (χ1) is 9.00. The van der Waals surface area contributed by atoms with Crippen LogP contribution in [0, 0.1) is 17.8 Å². The van der Waals surface area contributed by atoms with Crippen molar-refractivity contribution in [2.45, 2.75) is 57.2 Å². The van der Waals surface area contributed by atoms with Gasteiger partial charge in [-0.3, -0.25) is 0 Å². The minimum atomic E-state index is -4.04. The van der Waals surface area contributed by atoms with E-state index in [-0.39, 0.29) is 25.5 Å². The Labute approximate surface area is 112 Å². The number of aliphatic hydroxyl groups excluding tert-OH is 1. The molecule has 112 valence electrons. The SMILES string of the molecule is OCC1CCCC1CNC1CCCC(C(F)(F)F)C1. The Morgan fingerprint density at radius 3 is 2.37 bits per heavy atom. The summed E-state index contributed by atoms with van der Waals surface area (Å²) in [7, 11) is 0. The number of halogens is 3. The lowest BCUT2D eigenvalue weighted by Crippen LogP contribution is -2.41. The van der Waals surface area contributed by atoms with Crippen LogP contribution in [0.3, 0.4) is 0 Å². The highest BCUT2D eigenvalue weighted by Crippen LogP contribution is 2.38. The van der Waals surface area contributed by atoms with Gasteiger partial charge < -0.3 is 10.4 Å². The van der Waals surface area contributed by atoms with Crippen molar-refractivity contribution < 1.29 is 18.3 Å². The average molecular weight is 279 g/mol. The molecule has 0 bridgehead atoms. The summed E-state index contributed by atoms with van der Waals surface area (Å²) < 4.78 is 38.1. The van der Waals surface area contributed by atoms with Gasteiger partial charge in [-0.05, 0) is 50.5 Å². The topological polar surface area (TPSA) is 32.3 Å². The van der Waals surface area contributed by atoms with Gasteiger partial charge in [0.2, 0.25) is 0 Å². The molecule has 0 spiro atoms. The van der Waals surface area contributed by atoms with E-state index in [0.717, 1.165) is 32.2 Å². The van der Waals surface area contributed by atoms with Crippen LogP contribution in [0.2, 0.25) is 0 Å². The number of hydrogen-bond acceptors (Lipinski definition) is 2. The predicted molar refractivity (Wildman–Crippen MR) is 67.7 cm³/mol. The van der Waals surface area contributed by atoms with Crippen molar-refractivity contribution in [2.75, 3.05) is 13.2 Å². The summed E-state index contributed by atoms with van der Waals surface area (Å²) in [5.74, 6) is -0.346. The molecule has 0 aliphatic heterocycles. The van der Waals surface area contributed by atoms with Crippen LogP contribution in [-0.4, -0.2) is 30.5 Å². The minimum Gasteiger partial charge on any atom is -0.396 e. The Bertz CT molecular complexity index is 282. The van der Waals surface area contributed by atoms with E-state index in [4.69, 9.17) is 0 Å². The van der Waals surface area contributed by atoms with Gasteiger partial charge in [0.25, 0.3) is 0 Å². The molecule has 0 amide bonds. The standard InChI is InChI=1S/C14H24F3NO/c15-14(16,17)12-5-2-6-13(7-12)18-8-10-3-1-4-11(10)9-19/h10-13,18-19H,1-9H2. The van der Waals surface area contributed by atoms with Gasteiger partial charge in [-0.25, -0.2) is 0 Å². The molecule has 0 radical (unpaired) electrons. The van der Waals surface area contributed by atoms with E-state index in [9.17, 15) is 18.3 Å². The second-order valence-corrected chi connectivity index (χ2v) is 6.14. The molecule has 0 aromatic carbocycles. The zero-order valence-corrected chi connectivity index (χ0v) is 11.3. The molecule has 4 unspecified atom stereocenters. The molecule has 2 aliphatic carbocycles. The molecule has 2 fully saturated rings. The van der Waals surface area contributed by atoms with Gasteiger partial charge >= 0.3 is 6.18 Å². The van der Waals surface area contributed by atoms with Crippen molar-refractivity contribution in [3.05, 3.63) is 0 Å². The number of aliphatic hydroxyl groups is 1. The quantitative estimate of drug-likeness (QED) is 0.829. The third-order valence-corrected chi connectivity index (χ3v) is 4.86. The van der Waals surface area contributed by atoms with Gasteiger partial charge in [-0.1, -0.05) is 12.8 Å². The highest BCUT2D eigenvalue weighted by molar-refractivity contribution is 4.84. The smallest absolute Gasteiger partial charge is 0.391 e. The molecule has 0 heterocycles. The highest BCUT2D eigenvalue weighted by atomic mass is 19.4. The van der Waals surface area contributed by atoms with Crippen molar-refractivity contribution in [1.29, 1.82) is 0 Å². The Morgan fingerprint density at radius 2 is 1.68 bits per heavy atom. The Morgan fingerprint density at radius 1 is 1.00 bits per heavy atom. The monoisotopic (exact) mass is 279 g/mol. The summed E-state index contributed by atoms with van der Waals surface area (Å²) >= 11 is 0. The molecule has 2 saturated carbocycles. The number of alkyl halides is 3. The molecule has 2 aliphatic rings. The zero-order valence-electron chi connectivity index (χ0n) is 11.3. The van der Waals surface area contributed by atoms with Gasteiger partial charge in [-0.2, -0.15) is 13.2 Å². The van der Waals surface area contributed by atoms with Gasteiger partial charge in [0, 0.05) is 12.6 Å². The summed E-state index contributed by atoms with van der Waals surface area (Å²) in [6.45, 7) is 0.975. The Kier molecular flexibility index (Phi) is 5.12. The summed E-state index contributed by atoms with van der Waals surface area (Å²) in [6.07, 6.45) is 1.25. The van der Waals surface area contributed by atoms with Gasteiger partial charge in [0.1, 0.15) is 0 Å². The van der Waals surface area contributed by atoms with Crippen molar-refractivity contribution in [2.24, 2.45) is 17.8 Å². The average Bonchev–Trinajstić information content (AvgIpc) is 2.83. The number of nitrogens with one attached hydrogen (secondary N) is 1. The van der Waals surface area contributed by atoms with E-state index in [0.29, 0.717) is 18.3 Å². The zero-order chi connectivity index (χ0) is 13.9. The molecular formula is C14H24F3NO. The van der Waals surface area contributed by atoms with Crippen LogP contribution in [-0.2, 0) is 0 Å². The lowest BCUT2D eigenvalue weighted by Gasteiger charge is -2.32. The summed E-state index contributed by atoms with van der Waals surface area (Å²) in [5.41, 5.74) is 0. The van der Waals surface area contributed by atoms with Crippen LogP contribution in [0.5, 0.6) is 0 Å². The summed E-state index contributed by atoms with van der Waals surface area (Å²) in [6, 6.07) is 0.000294. The molecule has 0 aromatic heterocycles. The molecule has 2 N–H and O–H groups in total. The summed E-state index contributed by atoms with van der Waals surface area (Å²) in [4.78, 5) is 0. The Balaban J connectivity index is 1.76. The fourth-order valence-corrected chi connectivity index (χ4v) is 3.61. The fourth-order valence-electron chi connectivity index (χ4n) is 3.61. The van der Waals surface area contributed by atoms with Crippen molar-refractivity contribution in [3.8, 4) is 0 Å². The van der Waals surface area contributed by atoms with Gasteiger partial charge in [0.15, 0.2) is 0 Å². The van der Waals surface area contributed by atoms with Crippen molar-refractivity contribution >= 4 is 0 Å². The first kappa shape index (κ1) is 15.1. The Hall–Kier alpha value is -0.290. The van der Waals surface area contributed by atoms with E-state index >= 15 is 0 Å². The third kappa shape index (κ3) is 4.09. The second kappa shape index (κ2) is 6.44. The van der Waals surface area contributed by atoms with Crippen LogP contribution >= 0.6 is 0 Å². The third-order valence-electron chi connectivity index (χ3n) is 4.86. The van der Waals surface area contributed by atoms with Crippen LogP contribution in [0.4, 0.5) is 13.2 Å². The normalized spacial score (nSPS) is 36.6. The van der Waals surface area contributed by atoms with Crippen LogP contribution in [0.15, 0.2) is 0 Å². The maximum atomic E-state index is 12.7. The van der Waals surface area contributed by atoms with Crippen LogP contribution in [0.25, 0.3) is 0 Å². The van der Waals surface area contributed by atoms with Crippen molar-refractivity contribution in [1.82, 2.24) is 5.32 Å². The molecule has 2 nitrogen and oxygen atoms in total. The highest BCUT2D eigenvalue weighted by Gasteiger charge is 2.42. The first-order valence-electron chi connectivity index (χ1n) is 7.41. The van der Waals surface area contributed by atoms with E-state index in [1.54, 1.807) is 0 Å². The number of rotatable bonds is 4. The minimum absolute atomic E-state index is 0.000294. The van der Waals surface area contributed by atoms with Crippen LogP contribution < -0.4 is 5.32 Å². The molecule has 5 heteroatoms. The summed E-state index contributed by atoms with van der Waals surface area (Å²) in [5, 5.41) is 12.6. The largest absolute Gasteiger partial charge is 0.396 e. The molecule has 0 aromatic rings. The maximum Gasteiger partial charge on any atom is 0.391 e. The molecule has 2 rings (SSSR count). The molecule has 19 heavy (non-hydrogen) atoms. The molecular weight excluding hydrogens is 255 g/mol. The molecule has 4 atom stereocenters. The lowest BCUT2D eigenvalue weighted by atomic mass is 9.85. The fraction of sp³-hybridized carbons (Fsp3) is 1.00. The van der Waals surface area contributed by atoms with Gasteiger partial charge in [0.05, 0.1) is 5.92 Å². The first-order valence-corrected chi connectivity index (χ1v) is 7.41. The van der Waals surface area contributed by atoms with Crippen molar-refractivity contribution in [3.63, 3.8) is 0 Å². The van der Waals surface area contributed by atoms with E-state index < -0.39 is 12.1 Å². The number of hydrogen-bond donors (Lipinski definition) is 2. The van der Waals surface area contributed by atoms with Crippen LogP contribution in [0.1, 0.15) is 44.9 Å². The van der Waals surface area contributed by atoms with E-state index in [1.165, 1.54) is 0 Å². The van der Waals surface area contributed by atoms with Gasteiger partial charge in [-0.15, -0.1) is 0 Å². The predicted octanol–water partition coefficient (Wildman–Crippen LogP) is 3.11. The lowest BCUT2D eigenvalue weighted by molar-refractivity contribution is -0.183. The second-order valence-electron chi connectivity index (χ2n) is 6.14. The van der Waals surface area contributed by atoms with E-state index in [2.05, 4.69) is 5.32 Å².